The summed E-state index contributed by atoms with van der Waals surface area (Å²) in [6.45, 7) is 4.26. The van der Waals surface area contributed by atoms with Crippen LogP contribution in [0.1, 0.15) is 48.5 Å². The van der Waals surface area contributed by atoms with Gasteiger partial charge in [-0.15, -0.1) is 0 Å². The lowest BCUT2D eigenvalue weighted by Gasteiger charge is -2.18. The van der Waals surface area contributed by atoms with E-state index in [4.69, 9.17) is 4.52 Å². The van der Waals surface area contributed by atoms with E-state index < -0.39 is 0 Å². The fourth-order valence-electron chi connectivity index (χ4n) is 2.65. The lowest BCUT2D eigenvalue weighted by atomic mass is 9.98. The van der Waals surface area contributed by atoms with E-state index >= 15 is 0 Å². The summed E-state index contributed by atoms with van der Waals surface area (Å²) in [5, 5.41) is 7.51. The van der Waals surface area contributed by atoms with Crippen molar-refractivity contribution >= 4 is 0 Å². The van der Waals surface area contributed by atoms with Crippen molar-refractivity contribution in [3.8, 4) is 0 Å². The van der Waals surface area contributed by atoms with Gasteiger partial charge in [-0.3, -0.25) is 0 Å². The van der Waals surface area contributed by atoms with Crippen molar-refractivity contribution in [3.63, 3.8) is 0 Å². The molecule has 3 rings (SSSR count). The van der Waals surface area contributed by atoms with Gasteiger partial charge in [0.2, 0.25) is 5.89 Å². The number of nitrogens with zero attached hydrogens (tertiary/aromatic N) is 2. The van der Waals surface area contributed by atoms with Crippen LogP contribution >= 0.6 is 0 Å². The smallest absolute Gasteiger partial charge is 0.231 e. The predicted molar refractivity (Wildman–Crippen MR) is 77.8 cm³/mol. The van der Waals surface area contributed by atoms with E-state index in [9.17, 15) is 0 Å². The number of rotatable bonds is 4. The molecule has 20 heavy (non-hydrogen) atoms. The van der Waals surface area contributed by atoms with Crippen LogP contribution in [0.3, 0.4) is 0 Å². The fraction of sp³-hybridized carbons (Fsp3) is 0.500. The van der Waals surface area contributed by atoms with Gasteiger partial charge in [0, 0.05) is 5.92 Å². The van der Waals surface area contributed by atoms with Crippen molar-refractivity contribution in [2.75, 3.05) is 13.1 Å². The quantitative estimate of drug-likeness (QED) is 0.929. The molecule has 0 atom stereocenters. The second kappa shape index (κ2) is 6.18. The summed E-state index contributed by atoms with van der Waals surface area (Å²) in [7, 11) is 0. The van der Waals surface area contributed by atoms with E-state index in [1.54, 1.807) is 0 Å². The van der Waals surface area contributed by atoms with Gasteiger partial charge in [0.1, 0.15) is 0 Å². The van der Waals surface area contributed by atoms with Crippen molar-refractivity contribution in [2.45, 2.75) is 38.5 Å². The van der Waals surface area contributed by atoms with Crippen molar-refractivity contribution in [1.29, 1.82) is 0 Å². The van der Waals surface area contributed by atoms with E-state index in [1.807, 2.05) is 0 Å². The van der Waals surface area contributed by atoms with E-state index in [2.05, 4.69) is 46.6 Å². The van der Waals surface area contributed by atoms with Crippen LogP contribution in [0.2, 0.25) is 0 Å². The molecule has 0 saturated carbocycles. The van der Waals surface area contributed by atoms with Gasteiger partial charge in [-0.2, -0.15) is 4.98 Å². The first-order valence-electron chi connectivity index (χ1n) is 7.46. The van der Waals surface area contributed by atoms with Crippen molar-refractivity contribution in [2.24, 2.45) is 0 Å². The first-order valence-corrected chi connectivity index (χ1v) is 7.46. The number of aryl methyl sites for hydroxylation is 1. The second-order valence-corrected chi connectivity index (χ2v) is 5.42. The fourth-order valence-corrected chi connectivity index (χ4v) is 2.65. The molecule has 1 aliphatic heterocycles. The second-order valence-electron chi connectivity index (χ2n) is 5.42. The Morgan fingerprint density at radius 2 is 1.85 bits per heavy atom. The molecule has 1 aromatic heterocycles. The lowest BCUT2D eigenvalue weighted by molar-refractivity contribution is 0.365. The van der Waals surface area contributed by atoms with Gasteiger partial charge in [0.15, 0.2) is 5.82 Å². The highest BCUT2D eigenvalue weighted by Gasteiger charge is 2.20. The molecule has 0 radical (unpaired) electrons. The van der Waals surface area contributed by atoms with Crippen LogP contribution in [0.15, 0.2) is 28.8 Å². The lowest BCUT2D eigenvalue weighted by Crippen LogP contribution is -2.27. The minimum atomic E-state index is 0.455. The van der Waals surface area contributed by atoms with Gasteiger partial charge in [-0.1, -0.05) is 36.3 Å². The van der Waals surface area contributed by atoms with E-state index in [1.165, 1.54) is 11.1 Å². The minimum absolute atomic E-state index is 0.455. The maximum Gasteiger partial charge on any atom is 0.231 e. The number of hydrogen-bond acceptors (Lipinski definition) is 4. The summed E-state index contributed by atoms with van der Waals surface area (Å²) in [6, 6.07) is 8.62. The van der Waals surface area contributed by atoms with Crippen LogP contribution in [-0.2, 0) is 12.8 Å². The molecule has 0 amide bonds. The third-order valence-electron chi connectivity index (χ3n) is 3.97. The van der Waals surface area contributed by atoms with Crippen LogP contribution in [0.5, 0.6) is 0 Å². The largest absolute Gasteiger partial charge is 0.339 e. The van der Waals surface area contributed by atoms with Crippen LogP contribution in [-0.4, -0.2) is 23.2 Å². The first kappa shape index (κ1) is 13.3. The summed E-state index contributed by atoms with van der Waals surface area (Å²) < 4.78 is 5.40. The van der Waals surface area contributed by atoms with E-state index in [-0.39, 0.29) is 0 Å². The first-order chi connectivity index (χ1) is 9.85. The number of hydrogen-bond donors (Lipinski definition) is 1. The Morgan fingerprint density at radius 3 is 2.55 bits per heavy atom. The van der Waals surface area contributed by atoms with Crippen LogP contribution in [0.4, 0.5) is 0 Å². The zero-order valence-corrected chi connectivity index (χ0v) is 11.9. The molecule has 0 aliphatic carbocycles. The normalized spacial score (nSPS) is 16.4. The number of piperidine rings is 1. The summed E-state index contributed by atoms with van der Waals surface area (Å²) in [5.74, 6) is 2.06. The standard InChI is InChI=1S/C16H21N3O/c1-2-12-3-5-13(6-4-12)11-15-18-16(19-20-15)14-7-9-17-10-8-14/h3-6,14,17H,2,7-11H2,1H3. The molecular weight excluding hydrogens is 250 g/mol. The predicted octanol–water partition coefficient (Wildman–Crippen LogP) is 2.69. The maximum absolute atomic E-state index is 5.40. The molecule has 1 N–H and O–H groups in total. The van der Waals surface area contributed by atoms with Crippen LogP contribution in [0, 0.1) is 0 Å². The third-order valence-corrected chi connectivity index (χ3v) is 3.97. The minimum Gasteiger partial charge on any atom is -0.339 e. The number of nitrogens with one attached hydrogen (secondary N) is 1. The van der Waals surface area contributed by atoms with Gasteiger partial charge in [0.05, 0.1) is 6.42 Å². The molecule has 4 nitrogen and oxygen atoms in total. The van der Waals surface area contributed by atoms with Gasteiger partial charge in [-0.25, -0.2) is 0 Å². The molecule has 0 spiro atoms. The van der Waals surface area contributed by atoms with Gasteiger partial charge < -0.3 is 9.84 Å². The van der Waals surface area contributed by atoms with E-state index in [0.29, 0.717) is 5.92 Å². The number of aromatic nitrogens is 2. The van der Waals surface area contributed by atoms with Crippen molar-refractivity contribution in [1.82, 2.24) is 15.5 Å². The third kappa shape index (κ3) is 3.07. The molecule has 1 aliphatic rings. The molecule has 2 heterocycles. The maximum atomic E-state index is 5.40. The molecule has 1 saturated heterocycles. The van der Waals surface area contributed by atoms with Crippen molar-refractivity contribution < 1.29 is 4.52 Å². The molecule has 4 heteroatoms. The molecule has 2 aromatic rings. The summed E-state index contributed by atoms with van der Waals surface area (Å²) in [6.07, 6.45) is 4.00. The molecule has 1 aromatic carbocycles. The Balaban J connectivity index is 1.66. The van der Waals surface area contributed by atoms with E-state index in [0.717, 1.165) is 50.5 Å². The molecule has 0 unspecified atom stereocenters. The van der Waals surface area contributed by atoms with Crippen molar-refractivity contribution in [3.05, 3.63) is 47.1 Å². The summed E-state index contributed by atoms with van der Waals surface area (Å²) in [5.41, 5.74) is 2.58. The van der Waals surface area contributed by atoms with Crippen LogP contribution < -0.4 is 5.32 Å². The van der Waals surface area contributed by atoms with Gasteiger partial charge >= 0.3 is 0 Å². The zero-order valence-electron chi connectivity index (χ0n) is 11.9. The monoisotopic (exact) mass is 271 g/mol. The average Bonchev–Trinajstić information content (AvgIpc) is 2.97. The molecule has 0 bridgehead atoms. The van der Waals surface area contributed by atoms with Gasteiger partial charge in [0.25, 0.3) is 0 Å². The Labute approximate surface area is 119 Å². The summed E-state index contributed by atoms with van der Waals surface area (Å²) in [4.78, 5) is 4.57. The highest BCUT2D eigenvalue weighted by molar-refractivity contribution is 5.24. The Bertz CT molecular complexity index is 541. The highest BCUT2D eigenvalue weighted by atomic mass is 16.5. The van der Waals surface area contributed by atoms with Crippen LogP contribution in [0.25, 0.3) is 0 Å². The molecule has 106 valence electrons. The number of benzene rings is 1. The molecular formula is C16H21N3O. The Kier molecular flexibility index (Phi) is 4.11. The molecule has 1 fully saturated rings. The Morgan fingerprint density at radius 1 is 1.15 bits per heavy atom. The average molecular weight is 271 g/mol. The van der Waals surface area contributed by atoms with Gasteiger partial charge in [-0.05, 0) is 43.5 Å². The topological polar surface area (TPSA) is 51.0 Å². The highest BCUT2D eigenvalue weighted by Crippen LogP contribution is 2.22. The SMILES string of the molecule is CCc1ccc(Cc2nc(C3CCNCC3)no2)cc1. The zero-order chi connectivity index (χ0) is 13.8. The summed E-state index contributed by atoms with van der Waals surface area (Å²) >= 11 is 0. The Hall–Kier alpha value is -1.68.